The Morgan fingerprint density at radius 1 is 1.62 bits per heavy atom. The molecule has 0 spiro atoms. The summed E-state index contributed by atoms with van der Waals surface area (Å²) in [6.07, 6.45) is 0.721. The summed E-state index contributed by atoms with van der Waals surface area (Å²) in [5.41, 5.74) is 0.668. The van der Waals surface area contributed by atoms with Gasteiger partial charge in [-0.1, -0.05) is 23.7 Å². The second-order valence-electron chi connectivity index (χ2n) is 2.57. The Morgan fingerprint density at radius 2 is 2.31 bits per heavy atom. The molecule has 13 heavy (non-hydrogen) atoms. The minimum atomic E-state index is -0.716. The van der Waals surface area contributed by atoms with Gasteiger partial charge in [-0.15, -0.1) is 6.58 Å². The van der Waals surface area contributed by atoms with Gasteiger partial charge in [0.05, 0.1) is 7.11 Å². The van der Waals surface area contributed by atoms with Crippen LogP contribution in [0.4, 0.5) is 0 Å². The fourth-order valence-electron chi connectivity index (χ4n) is 1.06. The van der Waals surface area contributed by atoms with Crippen molar-refractivity contribution in [3.05, 3.63) is 41.4 Å². The Kier molecular flexibility index (Phi) is 3.34. The minimum absolute atomic E-state index is 0.569. The number of rotatable bonds is 3. The van der Waals surface area contributed by atoms with E-state index >= 15 is 0 Å². The molecule has 2 nitrogen and oxygen atoms in total. The Balaban J connectivity index is 3.12. The van der Waals surface area contributed by atoms with Crippen molar-refractivity contribution in [1.82, 2.24) is 0 Å². The highest BCUT2D eigenvalue weighted by Crippen LogP contribution is 2.28. The van der Waals surface area contributed by atoms with Crippen LogP contribution in [0.15, 0.2) is 30.9 Å². The molecule has 1 N–H and O–H groups in total. The number of hydrogen-bond donors (Lipinski definition) is 1. The van der Waals surface area contributed by atoms with Gasteiger partial charge in [0.2, 0.25) is 0 Å². The fraction of sp³-hybridized carbons (Fsp3) is 0.200. The van der Waals surface area contributed by atoms with Crippen LogP contribution in [0.3, 0.4) is 0 Å². The van der Waals surface area contributed by atoms with E-state index in [0.717, 1.165) is 0 Å². The molecule has 1 rings (SSSR count). The summed E-state index contributed by atoms with van der Waals surface area (Å²) in [4.78, 5) is 0. The standard InChI is InChI=1S/C10H11ClO2/c1-3-9(12)8-5-4-7(11)6-10(8)13-2/h3-6,9,12H,1H2,2H3. The number of hydrogen-bond acceptors (Lipinski definition) is 2. The van der Waals surface area contributed by atoms with Gasteiger partial charge in [0, 0.05) is 10.6 Å². The molecule has 0 radical (unpaired) electrons. The maximum absolute atomic E-state index is 9.49. The van der Waals surface area contributed by atoms with Crippen molar-refractivity contribution in [1.29, 1.82) is 0 Å². The first-order valence-electron chi connectivity index (χ1n) is 3.83. The summed E-state index contributed by atoms with van der Waals surface area (Å²) in [6.45, 7) is 3.50. The zero-order chi connectivity index (χ0) is 9.84. The van der Waals surface area contributed by atoms with Crippen LogP contribution < -0.4 is 4.74 Å². The molecular weight excluding hydrogens is 188 g/mol. The van der Waals surface area contributed by atoms with Crippen molar-refractivity contribution in [2.24, 2.45) is 0 Å². The number of benzene rings is 1. The van der Waals surface area contributed by atoms with Crippen LogP contribution in [-0.4, -0.2) is 12.2 Å². The van der Waals surface area contributed by atoms with Gasteiger partial charge in [-0.3, -0.25) is 0 Å². The van der Waals surface area contributed by atoms with Crippen molar-refractivity contribution < 1.29 is 9.84 Å². The summed E-state index contributed by atoms with van der Waals surface area (Å²) in [5, 5.41) is 10.1. The van der Waals surface area contributed by atoms with Crippen LogP contribution in [0.2, 0.25) is 5.02 Å². The Hall–Kier alpha value is -0.990. The second kappa shape index (κ2) is 4.30. The maximum Gasteiger partial charge on any atom is 0.126 e. The smallest absolute Gasteiger partial charge is 0.126 e. The third-order valence-electron chi connectivity index (χ3n) is 1.74. The highest BCUT2D eigenvalue weighted by Gasteiger charge is 2.09. The largest absolute Gasteiger partial charge is 0.496 e. The van der Waals surface area contributed by atoms with E-state index in [1.54, 1.807) is 18.2 Å². The summed E-state index contributed by atoms with van der Waals surface area (Å²) >= 11 is 5.76. The molecule has 1 unspecified atom stereocenters. The highest BCUT2D eigenvalue weighted by molar-refractivity contribution is 6.30. The van der Waals surface area contributed by atoms with Crippen molar-refractivity contribution in [3.8, 4) is 5.75 Å². The topological polar surface area (TPSA) is 29.5 Å². The molecule has 0 aliphatic heterocycles. The first-order valence-corrected chi connectivity index (χ1v) is 4.21. The molecule has 1 aromatic rings. The van der Waals surface area contributed by atoms with E-state index in [1.165, 1.54) is 13.2 Å². The van der Waals surface area contributed by atoms with Crippen LogP contribution in [0.5, 0.6) is 5.75 Å². The van der Waals surface area contributed by atoms with Gasteiger partial charge >= 0.3 is 0 Å². The molecule has 0 saturated heterocycles. The van der Waals surface area contributed by atoms with Gasteiger partial charge in [0.1, 0.15) is 11.9 Å². The molecule has 0 aliphatic rings. The molecule has 0 fully saturated rings. The lowest BCUT2D eigenvalue weighted by Crippen LogP contribution is -1.96. The fourth-order valence-corrected chi connectivity index (χ4v) is 1.22. The van der Waals surface area contributed by atoms with E-state index in [2.05, 4.69) is 6.58 Å². The van der Waals surface area contributed by atoms with Crippen LogP contribution in [0.1, 0.15) is 11.7 Å². The van der Waals surface area contributed by atoms with Crippen LogP contribution in [0.25, 0.3) is 0 Å². The van der Waals surface area contributed by atoms with Gasteiger partial charge in [-0.25, -0.2) is 0 Å². The number of aliphatic hydroxyl groups excluding tert-OH is 1. The maximum atomic E-state index is 9.49. The quantitative estimate of drug-likeness (QED) is 0.757. The molecule has 0 bridgehead atoms. The lowest BCUT2D eigenvalue weighted by molar-refractivity contribution is 0.223. The SMILES string of the molecule is C=CC(O)c1ccc(Cl)cc1OC. The van der Waals surface area contributed by atoms with Gasteiger partial charge in [0.25, 0.3) is 0 Å². The normalized spacial score (nSPS) is 12.2. The number of methoxy groups -OCH3 is 1. The first kappa shape index (κ1) is 10.1. The highest BCUT2D eigenvalue weighted by atomic mass is 35.5. The van der Waals surface area contributed by atoms with Gasteiger partial charge in [-0.05, 0) is 12.1 Å². The lowest BCUT2D eigenvalue weighted by atomic mass is 10.1. The molecular formula is C10H11ClO2. The predicted octanol–water partition coefficient (Wildman–Crippen LogP) is 2.57. The number of aliphatic hydroxyl groups is 1. The summed E-state index contributed by atoms with van der Waals surface area (Å²) in [5.74, 6) is 0.569. The number of halogens is 1. The van der Waals surface area contributed by atoms with Gasteiger partial charge < -0.3 is 9.84 Å². The Labute approximate surface area is 82.4 Å². The summed E-state index contributed by atoms with van der Waals surface area (Å²) in [6, 6.07) is 5.07. The van der Waals surface area contributed by atoms with E-state index in [9.17, 15) is 5.11 Å². The predicted molar refractivity (Wildman–Crippen MR) is 53.2 cm³/mol. The Bertz CT molecular complexity index is 310. The van der Waals surface area contributed by atoms with E-state index in [0.29, 0.717) is 16.3 Å². The van der Waals surface area contributed by atoms with Crippen LogP contribution in [0, 0.1) is 0 Å². The molecule has 1 atom stereocenters. The lowest BCUT2D eigenvalue weighted by Gasteiger charge is -2.11. The zero-order valence-corrected chi connectivity index (χ0v) is 8.08. The minimum Gasteiger partial charge on any atom is -0.496 e. The van der Waals surface area contributed by atoms with E-state index in [4.69, 9.17) is 16.3 Å². The van der Waals surface area contributed by atoms with E-state index in [-0.39, 0.29) is 0 Å². The van der Waals surface area contributed by atoms with Crippen LogP contribution >= 0.6 is 11.6 Å². The third-order valence-corrected chi connectivity index (χ3v) is 1.97. The van der Waals surface area contributed by atoms with E-state index < -0.39 is 6.10 Å². The molecule has 3 heteroatoms. The average Bonchev–Trinajstić information content (AvgIpc) is 2.16. The average molecular weight is 199 g/mol. The number of ether oxygens (including phenoxy) is 1. The van der Waals surface area contributed by atoms with Crippen molar-refractivity contribution >= 4 is 11.6 Å². The van der Waals surface area contributed by atoms with Gasteiger partial charge in [-0.2, -0.15) is 0 Å². The molecule has 0 amide bonds. The monoisotopic (exact) mass is 198 g/mol. The van der Waals surface area contributed by atoms with Crippen molar-refractivity contribution in [2.45, 2.75) is 6.10 Å². The zero-order valence-electron chi connectivity index (χ0n) is 7.33. The molecule has 70 valence electrons. The Morgan fingerprint density at radius 3 is 2.85 bits per heavy atom. The second-order valence-corrected chi connectivity index (χ2v) is 3.00. The first-order chi connectivity index (χ1) is 6.19. The molecule has 0 aromatic heterocycles. The molecule has 1 aromatic carbocycles. The van der Waals surface area contributed by atoms with Crippen molar-refractivity contribution in [2.75, 3.05) is 7.11 Å². The van der Waals surface area contributed by atoms with Crippen molar-refractivity contribution in [3.63, 3.8) is 0 Å². The third kappa shape index (κ3) is 2.23. The van der Waals surface area contributed by atoms with Crippen LogP contribution in [-0.2, 0) is 0 Å². The van der Waals surface area contributed by atoms with Gasteiger partial charge in [0.15, 0.2) is 0 Å². The van der Waals surface area contributed by atoms with E-state index in [1.807, 2.05) is 0 Å². The molecule has 0 saturated carbocycles. The molecule has 0 heterocycles. The molecule has 0 aliphatic carbocycles. The summed E-state index contributed by atoms with van der Waals surface area (Å²) < 4.78 is 5.06. The summed E-state index contributed by atoms with van der Waals surface area (Å²) in [7, 11) is 1.53.